The minimum Gasteiger partial charge on any atom is -0.481 e. The van der Waals surface area contributed by atoms with Gasteiger partial charge >= 0.3 is 0 Å². The van der Waals surface area contributed by atoms with E-state index in [0.29, 0.717) is 18.5 Å². The van der Waals surface area contributed by atoms with Crippen molar-refractivity contribution in [2.75, 3.05) is 13.2 Å². The van der Waals surface area contributed by atoms with Gasteiger partial charge in [0.05, 0.1) is 5.54 Å². The number of hydrogen-bond acceptors (Lipinski definition) is 3. The summed E-state index contributed by atoms with van der Waals surface area (Å²) in [5, 5.41) is 2.82. The monoisotopic (exact) mass is 284 g/mol. The van der Waals surface area contributed by atoms with Crippen LogP contribution in [0, 0.1) is 17.6 Å². The molecule has 0 aromatic heterocycles. The van der Waals surface area contributed by atoms with Gasteiger partial charge < -0.3 is 15.8 Å². The van der Waals surface area contributed by atoms with Gasteiger partial charge in [-0.1, -0.05) is 0 Å². The van der Waals surface area contributed by atoms with Gasteiger partial charge in [-0.25, -0.2) is 8.78 Å². The van der Waals surface area contributed by atoms with Crippen molar-refractivity contribution >= 4 is 5.91 Å². The lowest BCUT2D eigenvalue weighted by Gasteiger charge is -2.29. The highest BCUT2D eigenvalue weighted by atomic mass is 19.1. The summed E-state index contributed by atoms with van der Waals surface area (Å²) in [4.78, 5) is 11.8. The van der Waals surface area contributed by atoms with Crippen molar-refractivity contribution in [2.24, 2.45) is 11.7 Å². The summed E-state index contributed by atoms with van der Waals surface area (Å²) >= 11 is 0. The normalized spacial score (nSPS) is 17.4. The molecule has 1 fully saturated rings. The van der Waals surface area contributed by atoms with E-state index in [1.54, 1.807) is 0 Å². The maximum absolute atomic E-state index is 13.3. The van der Waals surface area contributed by atoms with Crippen molar-refractivity contribution in [1.82, 2.24) is 5.32 Å². The quantitative estimate of drug-likeness (QED) is 0.833. The average Bonchev–Trinajstić information content (AvgIpc) is 3.22. The molecule has 110 valence electrons. The van der Waals surface area contributed by atoms with Gasteiger partial charge in [-0.05, 0) is 37.8 Å². The van der Waals surface area contributed by atoms with Gasteiger partial charge in [-0.15, -0.1) is 0 Å². The van der Waals surface area contributed by atoms with Gasteiger partial charge in [0, 0.05) is 12.6 Å². The molecule has 1 unspecified atom stereocenters. The lowest BCUT2D eigenvalue weighted by Crippen LogP contribution is -2.54. The summed E-state index contributed by atoms with van der Waals surface area (Å²) in [6.07, 6.45) is 2.09. The van der Waals surface area contributed by atoms with Crippen LogP contribution in [0.15, 0.2) is 18.2 Å². The van der Waals surface area contributed by atoms with Gasteiger partial charge in [0.25, 0.3) is 5.91 Å². The lowest BCUT2D eigenvalue weighted by molar-refractivity contribution is -0.125. The molecule has 6 heteroatoms. The van der Waals surface area contributed by atoms with E-state index >= 15 is 0 Å². The van der Waals surface area contributed by atoms with Crippen molar-refractivity contribution in [3.8, 4) is 5.75 Å². The van der Waals surface area contributed by atoms with Crippen LogP contribution in [-0.4, -0.2) is 24.6 Å². The van der Waals surface area contributed by atoms with Crippen LogP contribution in [0.5, 0.6) is 5.75 Å². The summed E-state index contributed by atoms with van der Waals surface area (Å²) in [5.41, 5.74) is 5.24. The maximum atomic E-state index is 13.3. The molecule has 1 aromatic carbocycles. The molecule has 0 bridgehead atoms. The Morgan fingerprint density at radius 1 is 1.50 bits per heavy atom. The number of ether oxygens (including phenoxy) is 1. The van der Waals surface area contributed by atoms with Crippen molar-refractivity contribution in [3.63, 3.8) is 0 Å². The first-order valence-electron chi connectivity index (χ1n) is 6.53. The zero-order valence-electron chi connectivity index (χ0n) is 11.3. The van der Waals surface area contributed by atoms with E-state index in [0.717, 1.165) is 25.0 Å². The number of nitrogens with two attached hydrogens (primary N) is 1. The molecule has 1 atom stereocenters. The van der Waals surface area contributed by atoms with E-state index in [1.807, 2.05) is 6.92 Å². The molecule has 1 amide bonds. The van der Waals surface area contributed by atoms with Crippen LogP contribution < -0.4 is 15.8 Å². The molecule has 1 aliphatic rings. The van der Waals surface area contributed by atoms with Crippen molar-refractivity contribution in [3.05, 3.63) is 29.8 Å². The Labute approximate surface area is 116 Å². The molecule has 0 radical (unpaired) electrons. The van der Waals surface area contributed by atoms with E-state index in [4.69, 9.17) is 10.5 Å². The zero-order chi connectivity index (χ0) is 14.8. The molecule has 1 aliphatic carbocycles. The van der Waals surface area contributed by atoms with Crippen LogP contribution in [0.2, 0.25) is 0 Å². The minimum atomic E-state index is -0.832. The smallest absolute Gasteiger partial charge is 0.258 e. The summed E-state index contributed by atoms with van der Waals surface area (Å²) < 4.78 is 31.1. The molecule has 4 nitrogen and oxygen atoms in total. The van der Waals surface area contributed by atoms with Crippen LogP contribution in [0.1, 0.15) is 19.8 Å². The highest BCUT2D eigenvalue weighted by Gasteiger charge is 2.41. The molecule has 20 heavy (non-hydrogen) atoms. The predicted molar refractivity (Wildman–Crippen MR) is 70.2 cm³/mol. The second-order valence-electron chi connectivity index (χ2n) is 5.31. The highest BCUT2D eigenvalue weighted by molar-refractivity contribution is 5.78. The van der Waals surface area contributed by atoms with Gasteiger partial charge in [0.2, 0.25) is 0 Å². The number of nitrogens with one attached hydrogen (secondary N) is 1. The van der Waals surface area contributed by atoms with Crippen LogP contribution >= 0.6 is 0 Å². The second-order valence-corrected chi connectivity index (χ2v) is 5.31. The van der Waals surface area contributed by atoms with Gasteiger partial charge in [0.1, 0.15) is 5.82 Å². The van der Waals surface area contributed by atoms with E-state index in [-0.39, 0.29) is 18.3 Å². The van der Waals surface area contributed by atoms with E-state index in [1.165, 1.54) is 0 Å². The fraction of sp³-hybridized carbons (Fsp3) is 0.500. The summed E-state index contributed by atoms with van der Waals surface area (Å²) in [6.45, 7) is 1.90. The van der Waals surface area contributed by atoms with Crippen molar-refractivity contribution in [2.45, 2.75) is 25.3 Å². The number of rotatable bonds is 6. The van der Waals surface area contributed by atoms with Crippen LogP contribution in [-0.2, 0) is 4.79 Å². The molecular weight excluding hydrogens is 266 g/mol. The summed E-state index contributed by atoms with van der Waals surface area (Å²) in [7, 11) is 0. The Balaban J connectivity index is 1.88. The highest BCUT2D eigenvalue weighted by Crippen LogP contribution is 2.38. The fourth-order valence-corrected chi connectivity index (χ4v) is 2.13. The van der Waals surface area contributed by atoms with Crippen LogP contribution in [0.4, 0.5) is 8.78 Å². The Bertz CT molecular complexity index is 506. The van der Waals surface area contributed by atoms with Gasteiger partial charge in [-0.3, -0.25) is 4.79 Å². The van der Waals surface area contributed by atoms with Gasteiger partial charge in [0.15, 0.2) is 18.2 Å². The molecule has 0 saturated heterocycles. The van der Waals surface area contributed by atoms with E-state index in [9.17, 15) is 13.6 Å². The van der Waals surface area contributed by atoms with E-state index in [2.05, 4.69) is 5.32 Å². The van der Waals surface area contributed by atoms with Crippen LogP contribution in [0.3, 0.4) is 0 Å². The number of benzene rings is 1. The summed E-state index contributed by atoms with van der Waals surface area (Å²) in [6, 6.07) is 2.94. The van der Waals surface area contributed by atoms with Crippen LogP contribution in [0.25, 0.3) is 0 Å². The third kappa shape index (κ3) is 3.45. The van der Waals surface area contributed by atoms with Crippen molar-refractivity contribution in [1.29, 1.82) is 0 Å². The van der Waals surface area contributed by atoms with E-state index < -0.39 is 17.2 Å². The fourth-order valence-electron chi connectivity index (χ4n) is 2.13. The molecule has 0 aliphatic heterocycles. The summed E-state index contributed by atoms with van der Waals surface area (Å²) in [5.74, 6) is -1.65. The molecule has 0 heterocycles. The topological polar surface area (TPSA) is 64.3 Å². The van der Waals surface area contributed by atoms with Crippen molar-refractivity contribution < 1.29 is 18.3 Å². The molecule has 3 N–H and O–H groups in total. The average molecular weight is 284 g/mol. The zero-order valence-corrected chi connectivity index (χ0v) is 11.3. The SMILES string of the molecule is CC(CN)(NC(=O)COc1ccc(F)cc1F)C1CC1. The standard InChI is InChI=1S/C14H18F2N2O2/c1-14(8-17,9-2-3-9)18-13(19)7-20-12-5-4-10(15)6-11(12)16/h4-6,9H,2-3,7-8,17H2,1H3,(H,18,19). The molecule has 2 rings (SSSR count). The Hall–Kier alpha value is -1.69. The third-order valence-electron chi connectivity index (χ3n) is 3.58. The Kier molecular flexibility index (Phi) is 4.23. The lowest BCUT2D eigenvalue weighted by atomic mass is 9.96. The third-order valence-corrected chi connectivity index (χ3v) is 3.58. The number of carbonyl (C=O) groups excluding carboxylic acids is 1. The number of carbonyl (C=O) groups is 1. The maximum Gasteiger partial charge on any atom is 0.258 e. The predicted octanol–water partition coefficient (Wildman–Crippen LogP) is 1.59. The number of hydrogen-bond donors (Lipinski definition) is 2. The molecule has 1 saturated carbocycles. The Morgan fingerprint density at radius 2 is 2.20 bits per heavy atom. The minimum absolute atomic E-state index is 0.151. The number of amides is 1. The first kappa shape index (κ1) is 14.7. The molecule has 1 aromatic rings. The first-order valence-corrected chi connectivity index (χ1v) is 6.53. The molecule has 0 spiro atoms. The first-order chi connectivity index (χ1) is 9.44. The number of halogens is 2. The molecular formula is C14H18F2N2O2. The largest absolute Gasteiger partial charge is 0.481 e. The Morgan fingerprint density at radius 3 is 2.75 bits per heavy atom. The van der Waals surface area contributed by atoms with Gasteiger partial charge in [-0.2, -0.15) is 0 Å². The second kappa shape index (κ2) is 5.75.